The van der Waals surface area contributed by atoms with Gasteiger partial charge in [0, 0.05) is 41.3 Å². The van der Waals surface area contributed by atoms with Crippen molar-refractivity contribution >= 4 is 39.8 Å². The van der Waals surface area contributed by atoms with Gasteiger partial charge in [0.25, 0.3) is 0 Å². The van der Waals surface area contributed by atoms with Gasteiger partial charge in [-0.15, -0.1) is 11.3 Å². The molecule has 1 aliphatic rings. The molecule has 0 aliphatic carbocycles. The van der Waals surface area contributed by atoms with Crippen LogP contribution in [0.4, 0.5) is 10.9 Å². The molecule has 4 rings (SSSR count). The molecule has 0 saturated carbocycles. The number of benzene rings is 1. The Hall–Kier alpha value is -2.56. The van der Waals surface area contributed by atoms with Crippen molar-refractivity contribution in [1.82, 2.24) is 14.9 Å². The van der Waals surface area contributed by atoms with Gasteiger partial charge in [-0.05, 0) is 48.7 Å². The summed E-state index contributed by atoms with van der Waals surface area (Å²) in [6, 6.07) is 8.90. The summed E-state index contributed by atoms with van der Waals surface area (Å²) in [6.07, 6.45) is 2.16. The van der Waals surface area contributed by atoms with Crippen LogP contribution in [0.5, 0.6) is 0 Å². The van der Waals surface area contributed by atoms with Crippen LogP contribution in [0.2, 0.25) is 5.02 Å². The van der Waals surface area contributed by atoms with Gasteiger partial charge < -0.3 is 21.5 Å². The average Bonchev–Trinajstić information content (AvgIpc) is 3.20. The molecule has 1 atom stereocenters. The molecule has 33 heavy (non-hydrogen) atoms. The number of carbonyl (C=O) groups excluding carboxylic acids is 1. The first kappa shape index (κ1) is 23.6. The first-order valence-corrected chi connectivity index (χ1v) is 11.9. The fraction of sp³-hybridized carbons (Fsp3) is 0.348. The summed E-state index contributed by atoms with van der Waals surface area (Å²) in [5, 5.41) is 4.67. The van der Waals surface area contributed by atoms with E-state index >= 15 is 0 Å². The topological polar surface area (TPSA) is 119 Å². The molecule has 3 heterocycles. The lowest BCUT2D eigenvalue weighted by Crippen LogP contribution is -2.38. The van der Waals surface area contributed by atoms with Crippen LogP contribution in [0.1, 0.15) is 16.0 Å². The van der Waals surface area contributed by atoms with Gasteiger partial charge >= 0.3 is 0 Å². The second-order valence-corrected chi connectivity index (χ2v) is 9.70. The van der Waals surface area contributed by atoms with Gasteiger partial charge in [-0.3, -0.25) is 9.69 Å². The predicted molar refractivity (Wildman–Crippen MR) is 132 cm³/mol. The normalized spacial score (nSPS) is 15.4. The van der Waals surface area contributed by atoms with Gasteiger partial charge in [0.1, 0.15) is 5.82 Å². The Morgan fingerprint density at radius 1 is 1.27 bits per heavy atom. The number of nitrogens with one attached hydrogen (secondary N) is 1. The molecule has 8 nitrogen and oxygen atoms in total. The Labute approximate surface area is 201 Å². The van der Waals surface area contributed by atoms with E-state index in [0.29, 0.717) is 17.3 Å². The molecule has 0 bridgehead atoms. The third-order valence-corrected chi connectivity index (χ3v) is 6.54. The highest BCUT2D eigenvalue weighted by Gasteiger charge is 2.16. The number of carbonyl (C=O) groups is 1. The maximum Gasteiger partial charge on any atom is 0.234 e. The number of nitrogens with two attached hydrogens (primary N) is 2. The number of rotatable bonds is 8. The smallest absolute Gasteiger partial charge is 0.234 e. The molecule has 1 aromatic carbocycles. The second kappa shape index (κ2) is 10.6. The number of aryl methyl sites for hydroxylation is 1. The summed E-state index contributed by atoms with van der Waals surface area (Å²) in [5.74, 6) is 0.155. The molecule has 0 radical (unpaired) electrons. The van der Waals surface area contributed by atoms with Crippen LogP contribution in [-0.4, -0.2) is 53.1 Å². The molecule has 3 aromatic rings. The zero-order chi connectivity index (χ0) is 23.4. The summed E-state index contributed by atoms with van der Waals surface area (Å²) < 4.78 is 5.48. The van der Waals surface area contributed by atoms with Crippen molar-refractivity contribution in [3.05, 3.63) is 57.6 Å². The number of nitrogens with zero attached hydrogens (tertiary/aromatic N) is 3. The number of halogens is 1. The fourth-order valence-corrected chi connectivity index (χ4v) is 4.56. The number of thiazole rings is 1. The Kier molecular flexibility index (Phi) is 7.56. The minimum atomic E-state index is -0.759. The Bertz CT molecular complexity index is 1130. The Morgan fingerprint density at radius 2 is 2.06 bits per heavy atom. The molecular formula is C23H27ClN6O2S. The molecular weight excluding hydrogens is 460 g/mol. The lowest BCUT2D eigenvalue weighted by Gasteiger charge is -2.26. The van der Waals surface area contributed by atoms with Crippen molar-refractivity contribution in [3.63, 3.8) is 0 Å². The molecule has 10 heteroatoms. The number of primary amides is 1. The molecule has 5 N–H and O–H groups in total. The average molecular weight is 487 g/mol. The summed E-state index contributed by atoms with van der Waals surface area (Å²) >= 11 is 8.14. The molecule has 2 aromatic heterocycles. The number of ether oxygens (including phenoxy) is 1. The first-order valence-electron chi connectivity index (χ1n) is 10.7. The van der Waals surface area contributed by atoms with Gasteiger partial charge in [-0.2, -0.15) is 0 Å². The van der Waals surface area contributed by atoms with Gasteiger partial charge in [-0.25, -0.2) is 9.97 Å². The van der Waals surface area contributed by atoms with E-state index in [9.17, 15) is 4.79 Å². The zero-order valence-corrected chi connectivity index (χ0v) is 20.0. The third kappa shape index (κ3) is 6.27. The van der Waals surface area contributed by atoms with Gasteiger partial charge in [0.05, 0.1) is 24.9 Å². The highest BCUT2D eigenvalue weighted by atomic mass is 35.5. The van der Waals surface area contributed by atoms with E-state index in [1.165, 1.54) is 0 Å². The minimum Gasteiger partial charge on any atom is -0.379 e. The third-order valence-electron chi connectivity index (χ3n) is 5.38. The molecule has 1 fully saturated rings. The zero-order valence-electron chi connectivity index (χ0n) is 18.4. The summed E-state index contributed by atoms with van der Waals surface area (Å²) in [6.45, 7) is 6.01. The van der Waals surface area contributed by atoms with E-state index in [1.807, 2.05) is 37.4 Å². The highest BCUT2D eigenvalue weighted by molar-refractivity contribution is 7.15. The van der Waals surface area contributed by atoms with Crippen molar-refractivity contribution in [2.75, 3.05) is 31.6 Å². The summed E-state index contributed by atoms with van der Waals surface area (Å²) in [5.41, 5.74) is 14.7. The lowest BCUT2D eigenvalue weighted by atomic mass is 10.0. The Morgan fingerprint density at radius 3 is 2.76 bits per heavy atom. The van der Waals surface area contributed by atoms with E-state index in [-0.39, 0.29) is 0 Å². The number of aromatic nitrogens is 2. The van der Waals surface area contributed by atoms with Crippen molar-refractivity contribution in [3.8, 4) is 11.3 Å². The number of morpholine rings is 1. The SMILES string of the molecule is Cc1cnc(Nc2cc(CN3CCOCC3)cc(-c3cc(C[C@H](N)C(N)=O)ccc3Cl)n2)s1. The summed E-state index contributed by atoms with van der Waals surface area (Å²) in [7, 11) is 0. The van der Waals surface area contributed by atoms with E-state index in [0.717, 1.165) is 65.2 Å². The first-order chi connectivity index (χ1) is 15.9. The summed E-state index contributed by atoms with van der Waals surface area (Å²) in [4.78, 5) is 24.1. The number of pyridine rings is 1. The van der Waals surface area contributed by atoms with Crippen LogP contribution in [0.3, 0.4) is 0 Å². The van der Waals surface area contributed by atoms with Crippen LogP contribution >= 0.6 is 22.9 Å². The molecule has 1 amide bonds. The quantitative estimate of drug-likeness (QED) is 0.447. The van der Waals surface area contributed by atoms with Crippen LogP contribution in [0, 0.1) is 6.92 Å². The van der Waals surface area contributed by atoms with Crippen LogP contribution in [0.25, 0.3) is 11.3 Å². The van der Waals surface area contributed by atoms with E-state index in [1.54, 1.807) is 17.4 Å². The van der Waals surface area contributed by atoms with Crippen molar-refractivity contribution in [1.29, 1.82) is 0 Å². The molecule has 0 spiro atoms. The Balaban J connectivity index is 1.69. The standard InChI is InChI=1S/C23H27ClN6O2S/c1-14-12-27-23(33-14)29-21-11-16(13-30-4-6-32-7-5-30)10-20(28-21)17-8-15(2-3-18(17)24)9-19(25)22(26)31/h2-3,8,10-12,19H,4-7,9,13,25H2,1H3,(H2,26,31)(H,27,28,29)/t19-/m0/s1. The van der Waals surface area contributed by atoms with E-state index in [4.69, 9.17) is 32.8 Å². The minimum absolute atomic E-state index is 0.330. The van der Waals surface area contributed by atoms with E-state index < -0.39 is 11.9 Å². The van der Waals surface area contributed by atoms with Gasteiger partial charge in [0.2, 0.25) is 5.91 Å². The van der Waals surface area contributed by atoms with Crippen LogP contribution in [-0.2, 0) is 22.5 Å². The van der Waals surface area contributed by atoms with E-state index in [2.05, 4.69) is 15.2 Å². The van der Waals surface area contributed by atoms with Crippen molar-refractivity contribution < 1.29 is 9.53 Å². The highest BCUT2D eigenvalue weighted by Crippen LogP contribution is 2.31. The number of amides is 1. The second-order valence-electron chi connectivity index (χ2n) is 8.06. The van der Waals surface area contributed by atoms with Crippen LogP contribution < -0.4 is 16.8 Å². The maximum absolute atomic E-state index is 11.4. The molecule has 0 unspecified atom stereocenters. The fourth-order valence-electron chi connectivity index (χ4n) is 3.67. The largest absolute Gasteiger partial charge is 0.379 e. The van der Waals surface area contributed by atoms with Crippen LogP contribution in [0.15, 0.2) is 36.5 Å². The van der Waals surface area contributed by atoms with Gasteiger partial charge in [0.15, 0.2) is 5.13 Å². The number of hydrogen-bond donors (Lipinski definition) is 3. The molecule has 1 aliphatic heterocycles. The number of hydrogen-bond acceptors (Lipinski definition) is 8. The number of anilines is 2. The monoisotopic (exact) mass is 486 g/mol. The van der Waals surface area contributed by atoms with Gasteiger partial charge in [-0.1, -0.05) is 17.7 Å². The molecule has 1 saturated heterocycles. The van der Waals surface area contributed by atoms with Crippen molar-refractivity contribution in [2.24, 2.45) is 11.5 Å². The predicted octanol–water partition coefficient (Wildman–Crippen LogP) is 3.10. The maximum atomic E-state index is 11.4. The lowest BCUT2D eigenvalue weighted by molar-refractivity contribution is -0.119. The van der Waals surface area contributed by atoms with Crippen molar-refractivity contribution in [2.45, 2.75) is 25.9 Å². The molecule has 174 valence electrons.